The van der Waals surface area contributed by atoms with Crippen LogP contribution in [0.2, 0.25) is 0 Å². The molecule has 0 aliphatic heterocycles. The largest absolute Gasteiger partial charge is 0.481 e. The van der Waals surface area contributed by atoms with Crippen molar-refractivity contribution in [3.63, 3.8) is 0 Å². The summed E-state index contributed by atoms with van der Waals surface area (Å²) in [6, 6.07) is 8.76. The predicted molar refractivity (Wildman–Crippen MR) is 98.4 cm³/mol. The molecule has 1 aromatic carbocycles. The summed E-state index contributed by atoms with van der Waals surface area (Å²) in [5.41, 5.74) is 2.22. The molecule has 0 saturated carbocycles. The molecule has 1 amide bonds. The minimum absolute atomic E-state index is 0.0734. The fraction of sp³-hybridized carbons (Fsp3) is 0.278. The van der Waals surface area contributed by atoms with Crippen molar-refractivity contribution >= 4 is 39.1 Å². The van der Waals surface area contributed by atoms with E-state index in [0.717, 1.165) is 15.9 Å². The van der Waals surface area contributed by atoms with Crippen molar-refractivity contribution in [1.82, 2.24) is 9.78 Å². The van der Waals surface area contributed by atoms with E-state index in [9.17, 15) is 9.59 Å². The molecule has 0 aliphatic rings. The third-order valence-electron chi connectivity index (χ3n) is 3.85. The van der Waals surface area contributed by atoms with Gasteiger partial charge in [-0.15, -0.1) is 11.3 Å². The number of nitrogens with zero attached hydrogens (tertiary/aromatic N) is 2. The number of aliphatic carboxylic acids is 1. The zero-order valence-electron chi connectivity index (χ0n) is 14.2. The number of carbonyl (C=O) groups excluding carboxylic acids is 1. The van der Waals surface area contributed by atoms with E-state index in [1.165, 1.54) is 11.3 Å². The zero-order valence-corrected chi connectivity index (χ0v) is 15.1. The van der Waals surface area contributed by atoms with Crippen LogP contribution in [0.5, 0.6) is 0 Å². The molecule has 0 fully saturated rings. The minimum Gasteiger partial charge on any atom is -0.481 e. The Bertz CT molecular complexity index is 956. The summed E-state index contributed by atoms with van der Waals surface area (Å²) in [7, 11) is 1.88. The maximum absolute atomic E-state index is 12.6. The van der Waals surface area contributed by atoms with E-state index in [-0.39, 0.29) is 18.2 Å². The van der Waals surface area contributed by atoms with Crippen LogP contribution in [0, 0.1) is 0 Å². The Morgan fingerprint density at radius 2 is 2.08 bits per heavy atom. The Morgan fingerprint density at radius 3 is 2.76 bits per heavy atom. The molecule has 6 nitrogen and oxygen atoms in total. The highest BCUT2D eigenvalue weighted by molar-refractivity contribution is 7.20. The summed E-state index contributed by atoms with van der Waals surface area (Å²) < 4.78 is 1.81. The molecule has 25 heavy (non-hydrogen) atoms. The minimum atomic E-state index is -0.901. The predicted octanol–water partition coefficient (Wildman–Crippen LogP) is 3.64. The van der Waals surface area contributed by atoms with Crippen LogP contribution in [0.1, 0.15) is 40.7 Å². The van der Waals surface area contributed by atoms with Gasteiger partial charge >= 0.3 is 5.97 Å². The van der Waals surface area contributed by atoms with Crippen LogP contribution in [0.3, 0.4) is 0 Å². The van der Waals surface area contributed by atoms with Crippen LogP contribution in [-0.2, 0) is 18.3 Å². The summed E-state index contributed by atoms with van der Waals surface area (Å²) >= 11 is 1.40. The van der Waals surface area contributed by atoms with Gasteiger partial charge in [-0.05, 0) is 29.7 Å². The van der Waals surface area contributed by atoms with E-state index >= 15 is 0 Å². The number of amides is 1. The first-order valence-electron chi connectivity index (χ1n) is 7.93. The number of carboxylic acids is 1. The number of rotatable bonds is 5. The number of anilines is 1. The highest BCUT2D eigenvalue weighted by Crippen LogP contribution is 2.31. The molecule has 2 aromatic heterocycles. The number of hydrogen-bond acceptors (Lipinski definition) is 4. The van der Waals surface area contributed by atoms with Crippen molar-refractivity contribution in [2.75, 3.05) is 5.32 Å². The van der Waals surface area contributed by atoms with Crippen LogP contribution >= 0.6 is 11.3 Å². The molecule has 130 valence electrons. The van der Waals surface area contributed by atoms with Crippen LogP contribution in [0.4, 0.5) is 5.69 Å². The van der Waals surface area contributed by atoms with Crippen molar-refractivity contribution in [1.29, 1.82) is 0 Å². The Morgan fingerprint density at radius 1 is 1.32 bits per heavy atom. The van der Waals surface area contributed by atoms with Gasteiger partial charge < -0.3 is 10.4 Å². The van der Waals surface area contributed by atoms with Crippen LogP contribution in [0.15, 0.2) is 30.3 Å². The van der Waals surface area contributed by atoms with Gasteiger partial charge in [0.2, 0.25) is 0 Å². The number of carbonyl (C=O) groups is 2. The molecular formula is C18H19N3O3S. The second-order valence-electron chi connectivity index (χ2n) is 6.22. The van der Waals surface area contributed by atoms with Crippen molar-refractivity contribution in [3.8, 4) is 0 Å². The summed E-state index contributed by atoms with van der Waals surface area (Å²) in [5.74, 6) is -0.827. The number of benzene rings is 1. The summed E-state index contributed by atoms with van der Waals surface area (Å²) in [5, 5.41) is 17.2. The molecule has 0 bridgehead atoms. The normalized spacial score (nSPS) is 11.2. The quantitative estimate of drug-likeness (QED) is 0.730. The van der Waals surface area contributed by atoms with Crippen molar-refractivity contribution in [2.45, 2.75) is 26.2 Å². The van der Waals surface area contributed by atoms with Gasteiger partial charge in [-0.25, -0.2) is 0 Å². The van der Waals surface area contributed by atoms with Gasteiger partial charge in [0, 0.05) is 18.1 Å². The third-order valence-corrected chi connectivity index (χ3v) is 5.05. The van der Waals surface area contributed by atoms with Crippen molar-refractivity contribution < 1.29 is 14.7 Å². The zero-order chi connectivity index (χ0) is 18.1. The number of nitrogens with one attached hydrogen (secondary N) is 1. The van der Waals surface area contributed by atoms with E-state index < -0.39 is 5.97 Å². The Kier molecular flexibility index (Phi) is 4.59. The molecule has 2 heterocycles. The van der Waals surface area contributed by atoms with Gasteiger partial charge in [-0.3, -0.25) is 14.3 Å². The maximum atomic E-state index is 12.6. The van der Waals surface area contributed by atoms with Gasteiger partial charge in [0.15, 0.2) is 0 Å². The topological polar surface area (TPSA) is 84.2 Å². The summed E-state index contributed by atoms with van der Waals surface area (Å²) in [6.07, 6.45) is -0.0734. The average molecular weight is 357 g/mol. The molecule has 3 aromatic rings. The lowest BCUT2D eigenvalue weighted by Crippen LogP contribution is -2.10. The SMILES string of the molecule is CC(C)c1nn(C)c2sc(C(=O)Nc3cccc(CC(=O)O)c3)cc12. The molecule has 0 radical (unpaired) electrons. The standard InChI is InChI=1S/C18H19N3O3S/c1-10(2)16-13-9-14(25-18(13)21(3)20-16)17(24)19-12-6-4-5-11(7-12)8-15(22)23/h4-7,9-10H,8H2,1-3H3,(H,19,24)(H,22,23). The fourth-order valence-corrected chi connectivity index (χ4v) is 3.71. The van der Waals surface area contributed by atoms with E-state index in [1.54, 1.807) is 28.9 Å². The molecule has 0 saturated heterocycles. The molecule has 0 spiro atoms. The Labute approximate surface area is 149 Å². The lowest BCUT2D eigenvalue weighted by molar-refractivity contribution is -0.136. The maximum Gasteiger partial charge on any atom is 0.307 e. The fourth-order valence-electron chi connectivity index (χ4n) is 2.73. The van der Waals surface area contributed by atoms with Gasteiger partial charge in [0.25, 0.3) is 5.91 Å². The Hall–Kier alpha value is -2.67. The highest BCUT2D eigenvalue weighted by atomic mass is 32.1. The van der Waals surface area contributed by atoms with Crippen LogP contribution < -0.4 is 5.32 Å². The van der Waals surface area contributed by atoms with Crippen LogP contribution in [0.25, 0.3) is 10.2 Å². The number of aromatic nitrogens is 2. The van der Waals surface area contributed by atoms with E-state index in [1.807, 2.05) is 13.1 Å². The molecule has 0 atom stereocenters. The lowest BCUT2D eigenvalue weighted by Gasteiger charge is -2.05. The Balaban J connectivity index is 1.85. The van der Waals surface area contributed by atoms with Gasteiger partial charge in [0.1, 0.15) is 4.83 Å². The van der Waals surface area contributed by atoms with E-state index in [4.69, 9.17) is 5.11 Å². The van der Waals surface area contributed by atoms with E-state index in [0.29, 0.717) is 16.1 Å². The smallest absolute Gasteiger partial charge is 0.307 e. The second kappa shape index (κ2) is 6.68. The summed E-state index contributed by atoms with van der Waals surface area (Å²) in [6.45, 7) is 4.15. The summed E-state index contributed by atoms with van der Waals surface area (Å²) in [4.78, 5) is 25.0. The number of carboxylic acid groups (broad SMARTS) is 1. The van der Waals surface area contributed by atoms with Gasteiger partial charge in [0.05, 0.1) is 17.0 Å². The number of fused-ring (bicyclic) bond motifs is 1. The first-order chi connectivity index (χ1) is 11.8. The molecule has 2 N–H and O–H groups in total. The number of thiophene rings is 1. The molecule has 0 aliphatic carbocycles. The molecule has 7 heteroatoms. The van der Waals surface area contributed by atoms with Crippen LogP contribution in [-0.4, -0.2) is 26.8 Å². The molecule has 0 unspecified atom stereocenters. The van der Waals surface area contributed by atoms with Gasteiger partial charge in [-0.2, -0.15) is 5.10 Å². The lowest BCUT2D eigenvalue weighted by atomic mass is 10.1. The number of aryl methyl sites for hydroxylation is 1. The average Bonchev–Trinajstić information content (AvgIpc) is 3.08. The monoisotopic (exact) mass is 357 g/mol. The van der Waals surface area contributed by atoms with Gasteiger partial charge in [-0.1, -0.05) is 26.0 Å². The first-order valence-corrected chi connectivity index (χ1v) is 8.75. The van der Waals surface area contributed by atoms with Crippen molar-refractivity contribution in [3.05, 3.63) is 46.5 Å². The molecular weight excluding hydrogens is 338 g/mol. The van der Waals surface area contributed by atoms with E-state index in [2.05, 4.69) is 24.3 Å². The second-order valence-corrected chi connectivity index (χ2v) is 7.25. The first kappa shape index (κ1) is 17.2. The number of hydrogen-bond donors (Lipinski definition) is 2. The molecule has 3 rings (SSSR count). The highest BCUT2D eigenvalue weighted by Gasteiger charge is 2.18. The van der Waals surface area contributed by atoms with Crippen molar-refractivity contribution in [2.24, 2.45) is 7.05 Å². The third kappa shape index (κ3) is 3.56.